The van der Waals surface area contributed by atoms with E-state index in [1.165, 1.54) is 6.42 Å². The highest BCUT2D eigenvalue weighted by molar-refractivity contribution is 7.97. The Morgan fingerprint density at radius 2 is 1.96 bits per heavy atom. The van der Waals surface area contributed by atoms with Crippen LogP contribution in [-0.4, -0.2) is 52.8 Å². The van der Waals surface area contributed by atoms with E-state index < -0.39 is 0 Å². The number of piperidine rings is 1. The molecule has 2 fully saturated rings. The lowest BCUT2D eigenvalue weighted by Gasteiger charge is -2.39. The van der Waals surface area contributed by atoms with Gasteiger partial charge >= 0.3 is 0 Å². The number of amides is 1. The zero-order chi connectivity index (χ0) is 17.3. The van der Waals surface area contributed by atoms with Crippen molar-refractivity contribution in [3.05, 3.63) is 30.1 Å². The molecular weight excluding hydrogens is 403 g/mol. The second kappa shape index (κ2) is 9.50. The Kier molecular flexibility index (Phi) is 7.86. The van der Waals surface area contributed by atoms with Crippen LogP contribution in [0.3, 0.4) is 0 Å². The maximum atomic E-state index is 12.9. The molecule has 2 aromatic rings. The highest BCUT2D eigenvalue weighted by Crippen LogP contribution is 2.37. The molecule has 2 aliphatic rings. The number of hydrogen-bond donors (Lipinski definition) is 1. The fraction of sp³-hybridized carbons (Fsp3) is 0.579. The topological polar surface area (TPSA) is 50.2 Å². The average molecular weight is 431 g/mol. The minimum absolute atomic E-state index is 0. The number of rotatable bonds is 4. The smallest absolute Gasteiger partial charge is 0.242 e. The third kappa shape index (κ3) is 4.56. The number of nitrogens with zero attached hydrogens (tertiary/aromatic N) is 3. The first kappa shape index (κ1) is 22.3. The molecule has 0 aliphatic carbocycles. The van der Waals surface area contributed by atoms with Gasteiger partial charge in [-0.15, -0.1) is 24.8 Å². The van der Waals surface area contributed by atoms with Gasteiger partial charge in [-0.2, -0.15) is 11.8 Å². The van der Waals surface area contributed by atoms with Gasteiger partial charge in [0.25, 0.3) is 0 Å². The summed E-state index contributed by atoms with van der Waals surface area (Å²) in [7, 11) is 0. The molecule has 3 heterocycles. The van der Waals surface area contributed by atoms with E-state index >= 15 is 0 Å². The number of carbonyl (C=O) groups excluding carboxylic acids is 1. The molecular formula is C19H28Cl2N4OS. The Morgan fingerprint density at radius 3 is 2.63 bits per heavy atom. The van der Waals surface area contributed by atoms with Crippen molar-refractivity contribution in [2.24, 2.45) is 5.41 Å². The van der Waals surface area contributed by atoms with E-state index in [1.807, 2.05) is 18.2 Å². The summed E-state index contributed by atoms with van der Waals surface area (Å²) in [6, 6.07) is 8.11. The number of carbonyl (C=O) groups is 1. The summed E-state index contributed by atoms with van der Waals surface area (Å²) in [4.78, 5) is 19.7. The molecule has 1 amide bonds. The molecule has 2 aliphatic heterocycles. The number of para-hydroxylation sites is 2. The first-order valence-electron chi connectivity index (χ1n) is 9.12. The van der Waals surface area contributed by atoms with Crippen molar-refractivity contribution < 1.29 is 4.79 Å². The summed E-state index contributed by atoms with van der Waals surface area (Å²) in [6.07, 6.45) is 5.60. The van der Waals surface area contributed by atoms with Crippen LogP contribution in [0.2, 0.25) is 0 Å². The molecule has 0 radical (unpaired) electrons. The number of fused-ring (bicyclic) bond motifs is 1. The fourth-order valence-electron chi connectivity index (χ4n) is 4.23. The quantitative estimate of drug-likeness (QED) is 0.807. The summed E-state index contributed by atoms with van der Waals surface area (Å²) in [5.74, 6) is 2.05. The fourth-order valence-corrected chi connectivity index (χ4v) is 4.71. The molecule has 1 N–H and O–H groups in total. The van der Waals surface area contributed by atoms with Crippen molar-refractivity contribution in [3.8, 4) is 0 Å². The van der Waals surface area contributed by atoms with Crippen molar-refractivity contribution in [1.82, 2.24) is 19.8 Å². The molecule has 8 heteroatoms. The highest BCUT2D eigenvalue weighted by Gasteiger charge is 2.38. The lowest BCUT2D eigenvalue weighted by molar-refractivity contribution is -0.134. The van der Waals surface area contributed by atoms with Crippen LogP contribution in [0.4, 0.5) is 0 Å². The standard InChI is InChI=1S/C19H26N4OS.2ClH/c1-25-13-17-21-15-4-2-3-5-16(15)23(17)12-18(24)22-10-7-19(8-11-22)6-9-20-14-19;;/h2-5,20H,6-14H2,1H3;2*1H. The molecule has 150 valence electrons. The molecule has 0 atom stereocenters. The molecule has 27 heavy (non-hydrogen) atoms. The van der Waals surface area contributed by atoms with E-state index in [9.17, 15) is 4.79 Å². The van der Waals surface area contributed by atoms with E-state index in [-0.39, 0.29) is 30.7 Å². The SMILES string of the molecule is CSCc1nc2ccccc2n1CC(=O)N1CCC2(CCNC2)CC1.Cl.Cl. The molecule has 1 aromatic carbocycles. The minimum atomic E-state index is 0. The van der Waals surface area contributed by atoms with Gasteiger partial charge in [-0.1, -0.05) is 12.1 Å². The summed E-state index contributed by atoms with van der Waals surface area (Å²) >= 11 is 1.74. The van der Waals surface area contributed by atoms with E-state index in [4.69, 9.17) is 4.98 Å². The Labute approximate surface area is 177 Å². The van der Waals surface area contributed by atoms with E-state index in [0.717, 1.165) is 61.6 Å². The molecule has 0 unspecified atom stereocenters. The van der Waals surface area contributed by atoms with Crippen LogP contribution in [0.5, 0.6) is 0 Å². The number of thioether (sulfide) groups is 1. The molecule has 1 spiro atoms. The first-order valence-corrected chi connectivity index (χ1v) is 10.5. The second-order valence-electron chi connectivity index (χ2n) is 7.34. The summed E-state index contributed by atoms with van der Waals surface area (Å²) < 4.78 is 2.11. The summed E-state index contributed by atoms with van der Waals surface area (Å²) in [5.41, 5.74) is 2.49. The zero-order valence-electron chi connectivity index (χ0n) is 15.6. The monoisotopic (exact) mass is 430 g/mol. The number of hydrogen-bond acceptors (Lipinski definition) is 4. The predicted molar refractivity (Wildman–Crippen MR) is 117 cm³/mol. The van der Waals surface area contributed by atoms with Gasteiger partial charge in [0.1, 0.15) is 12.4 Å². The van der Waals surface area contributed by atoms with Crippen molar-refractivity contribution in [2.45, 2.75) is 31.6 Å². The van der Waals surface area contributed by atoms with Crippen molar-refractivity contribution >= 4 is 53.5 Å². The van der Waals surface area contributed by atoms with Crippen LogP contribution < -0.4 is 5.32 Å². The summed E-state index contributed by atoms with van der Waals surface area (Å²) in [6.45, 7) is 4.45. The van der Waals surface area contributed by atoms with Crippen LogP contribution in [0.25, 0.3) is 11.0 Å². The second-order valence-corrected chi connectivity index (χ2v) is 8.21. The van der Waals surface area contributed by atoms with Gasteiger partial charge in [-0.05, 0) is 49.6 Å². The average Bonchev–Trinajstić information content (AvgIpc) is 3.22. The van der Waals surface area contributed by atoms with Crippen LogP contribution >= 0.6 is 36.6 Å². The molecule has 4 rings (SSSR count). The summed E-state index contributed by atoms with van der Waals surface area (Å²) in [5, 5.41) is 3.49. The third-order valence-electron chi connectivity index (χ3n) is 5.81. The van der Waals surface area contributed by atoms with Gasteiger partial charge in [-0.25, -0.2) is 4.98 Å². The molecule has 2 saturated heterocycles. The largest absolute Gasteiger partial charge is 0.341 e. The normalized spacial score (nSPS) is 18.3. The van der Waals surface area contributed by atoms with Gasteiger partial charge in [0.2, 0.25) is 5.91 Å². The molecule has 0 saturated carbocycles. The molecule has 0 bridgehead atoms. The van der Waals surface area contributed by atoms with Gasteiger partial charge in [0, 0.05) is 19.6 Å². The number of halogens is 2. The zero-order valence-corrected chi connectivity index (χ0v) is 18.1. The van der Waals surface area contributed by atoms with Crippen LogP contribution in [0.15, 0.2) is 24.3 Å². The van der Waals surface area contributed by atoms with E-state index in [0.29, 0.717) is 12.0 Å². The van der Waals surface area contributed by atoms with Crippen LogP contribution in [0.1, 0.15) is 25.1 Å². The van der Waals surface area contributed by atoms with Gasteiger partial charge in [0.15, 0.2) is 0 Å². The van der Waals surface area contributed by atoms with Crippen LogP contribution in [0, 0.1) is 5.41 Å². The Hall–Kier alpha value is -0.950. The van der Waals surface area contributed by atoms with Crippen molar-refractivity contribution in [3.63, 3.8) is 0 Å². The Balaban J connectivity index is 0.00000131. The number of imidazole rings is 1. The van der Waals surface area contributed by atoms with Crippen molar-refractivity contribution in [1.29, 1.82) is 0 Å². The van der Waals surface area contributed by atoms with E-state index in [2.05, 4.69) is 27.1 Å². The first-order chi connectivity index (χ1) is 12.2. The number of likely N-dealkylation sites (tertiary alicyclic amines) is 1. The number of benzene rings is 1. The van der Waals surface area contributed by atoms with Gasteiger partial charge < -0.3 is 14.8 Å². The lowest BCUT2D eigenvalue weighted by Crippen LogP contribution is -2.45. The minimum Gasteiger partial charge on any atom is -0.341 e. The highest BCUT2D eigenvalue weighted by atomic mass is 35.5. The predicted octanol–water partition coefficient (Wildman–Crippen LogP) is 3.35. The van der Waals surface area contributed by atoms with Gasteiger partial charge in [0.05, 0.1) is 16.8 Å². The third-order valence-corrected chi connectivity index (χ3v) is 6.36. The number of aromatic nitrogens is 2. The molecule has 5 nitrogen and oxygen atoms in total. The maximum absolute atomic E-state index is 12.9. The molecule has 1 aromatic heterocycles. The van der Waals surface area contributed by atoms with Gasteiger partial charge in [-0.3, -0.25) is 4.79 Å². The Morgan fingerprint density at radius 1 is 1.22 bits per heavy atom. The van der Waals surface area contributed by atoms with Crippen LogP contribution in [-0.2, 0) is 17.1 Å². The Bertz CT molecular complexity index is 766. The van der Waals surface area contributed by atoms with E-state index in [1.54, 1.807) is 11.8 Å². The van der Waals surface area contributed by atoms with Crippen molar-refractivity contribution in [2.75, 3.05) is 32.4 Å². The number of nitrogens with one attached hydrogen (secondary N) is 1. The maximum Gasteiger partial charge on any atom is 0.242 e. The lowest BCUT2D eigenvalue weighted by atomic mass is 9.78.